The van der Waals surface area contributed by atoms with E-state index in [2.05, 4.69) is 10.4 Å². The van der Waals surface area contributed by atoms with Gasteiger partial charge in [0.25, 0.3) is 5.91 Å². The Hall–Kier alpha value is -2.37. The van der Waals surface area contributed by atoms with Crippen molar-refractivity contribution in [2.75, 3.05) is 0 Å². The van der Waals surface area contributed by atoms with Crippen LogP contribution in [0.2, 0.25) is 0 Å². The molecule has 94 valence electrons. The third-order valence-corrected chi connectivity index (χ3v) is 2.69. The third kappa shape index (κ3) is 2.04. The Morgan fingerprint density at radius 2 is 2.06 bits per heavy atom. The molecule has 0 fully saturated rings. The molecule has 0 bridgehead atoms. The highest BCUT2D eigenvalue weighted by Crippen LogP contribution is 2.17. The van der Waals surface area contributed by atoms with Gasteiger partial charge in [0.15, 0.2) is 5.69 Å². The van der Waals surface area contributed by atoms with Crippen LogP contribution < -0.4 is 5.32 Å². The molecule has 0 aliphatic heterocycles. The summed E-state index contributed by atoms with van der Waals surface area (Å²) in [7, 11) is 1.74. The number of aryl methyl sites for hydroxylation is 1. The van der Waals surface area contributed by atoms with Crippen molar-refractivity contribution < 1.29 is 14.7 Å². The predicted octanol–water partition coefficient (Wildman–Crippen LogP) is 0.776. The molecule has 2 N–H and O–H groups in total. The maximum atomic E-state index is 11.9. The van der Waals surface area contributed by atoms with Crippen molar-refractivity contribution in [3.8, 4) is 0 Å². The predicted molar refractivity (Wildman–Crippen MR) is 65.3 cm³/mol. The van der Waals surface area contributed by atoms with Gasteiger partial charge in [0.2, 0.25) is 0 Å². The number of carbonyl (C=O) groups excluding carboxylic acids is 1. The van der Waals surface area contributed by atoms with Gasteiger partial charge in [0.1, 0.15) is 6.04 Å². The number of carboxylic acid groups (broad SMARTS) is 1. The topological polar surface area (TPSA) is 84.2 Å². The van der Waals surface area contributed by atoms with Crippen LogP contribution in [-0.2, 0) is 11.8 Å². The average Bonchev–Trinajstić information content (AvgIpc) is 2.67. The van der Waals surface area contributed by atoms with Crippen LogP contribution in [0.25, 0.3) is 10.9 Å². The Bertz CT molecular complexity index is 618. The van der Waals surface area contributed by atoms with Gasteiger partial charge in [-0.15, -0.1) is 0 Å². The molecule has 0 spiro atoms. The van der Waals surface area contributed by atoms with Crippen LogP contribution >= 0.6 is 0 Å². The molecular formula is C12H13N3O3. The molecule has 1 amide bonds. The van der Waals surface area contributed by atoms with Crippen LogP contribution in [0.15, 0.2) is 24.3 Å². The first-order chi connectivity index (χ1) is 8.50. The van der Waals surface area contributed by atoms with E-state index in [-0.39, 0.29) is 5.69 Å². The zero-order valence-electron chi connectivity index (χ0n) is 10.0. The van der Waals surface area contributed by atoms with Crippen LogP contribution in [-0.4, -0.2) is 32.8 Å². The Morgan fingerprint density at radius 1 is 1.39 bits per heavy atom. The largest absolute Gasteiger partial charge is 0.480 e. The van der Waals surface area contributed by atoms with Gasteiger partial charge in [-0.2, -0.15) is 5.10 Å². The maximum Gasteiger partial charge on any atom is 0.325 e. The summed E-state index contributed by atoms with van der Waals surface area (Å²) >= 11 is 0. The van der Waals surface area contributed by atoms with Crippen molar-refractivity contribution in [2.24, 2.45) is 7.05 Å². The summed E-state index contributed by atoms with van der Waals surface area (Å²) < 4.78 is 1.59. The van der Waals surface area contributed by atoms with E-state index in [1.165, 1.54) is 6.92 Å². The van der Waals surface area contributed by atoms with Gasteiger partial charge in [-0.05, 0) is 13.0 Å². The van der Waals surface area contributed by atoms with Gasteiger partial charge in [-0.25, -0.2) is 0 Å². The lowest BCUT2D eigenvalue weighted by Gasteiger charge is -2.07. The Labute approximate surface area is 103 Å². The second-order valence-electron chi connectivity index (χ2n) is 4.02. The molecule has 18 heavy (non-hydrogen) atoms. The van der Waals surface area contributed by atoms with Gasteiger partial charge in [-0.1, -0.05) is 18.2 Å². The van der Waals surface area contributed by atoms with E-state index in [0.717, 1.165) is 5.52 Å². The molecule has 2 aromatic rings. The first-order valence-electron chi connectivity index (χ1n) is 5.46. The average molecular weight is 247 g/mol. The first kappa shape index (κ1) is 12.1. The zero-order chi connectivity index (χ0) is 13.3. The van der Waals surface area contributed by atoms with Crippen molar-refractivity contribution in [3.05, 3.63) is 30.0 Å². The van der Waals surface area contributed by atoms with E-state index in [9.17, 15) is 9.59 Å². The second kappa shape index (κ2) is 4.48. The molecule has 0 saturated heterocycles. The van der Waals surface area contributed by atoms with Crippen molar-refractivity contribution in [1.82, 2.24) is 15.1 Å². The minimum Gasteiger partial charge on any atom is -0.480 e. The molecule has 1 unspecified atom stereocenters. The molecule has 2 rings (SSSR count). The van der Waals surface area contributed by atoms with E-state index < -0.39 is 17.9 Å². The van der Waals surface area contributed by atoms with Crippen molar-refractivity contribution in [3.63, 3.8) is 0 Å². The number of benzene rings is 1. The van der Waals surface area contributed by atoms with Crippen molar-refractivity contribution in [2.45, 2.75) is 13.0 Å². The number of fused-ring (bicyclic) bond motifs is 1. The molecular weight excluding hydrogens is 234 g/mol. The summed E-state index contributed by atoms with van der Waals surface area (Å²) in [5, 5.41) is 16.0. The van der Waals surface area contributed by atoms with Crippen molar-refractivity contribution in [1.29, 1.82) is 0 Å². The lowest BCUT2D eigenvalue weighted by atomic mass is 10.2. The van der Waals surface area contributed by atoms with Crippen LogP contribution in [0.1, 0.15) is 17.4 Å². The number of rotatable bonds is 3. The van der Waals surface area contributed by atoms with E-state index in [1.807, 2.05) is 12.1 Å². The number of carboxylic acids is 1. The number of aliphatic carboxylic acids is 1. The van der Waals surface area contributed by atoms with Crippen molar-refractivity contribution >= 4 is 22.8 Å². The monoisotopic (exact) mass is 247 g/mol. The Morgan fingerprint density at radius 3 is 2.72 bits per heavy atom. The molecule has 6 nitrogen and oxygen atoms in total. The van der Waals surface area contributed by atoms with Gasteiger partial charge in [0.05, 0.1) is 5.52 Å². The highest BCUT2D eigenvalue weighted by Gasteiger charge is 2.20. The summed E-state index contributed by atoms with van der Waals surface area (Å²) in [6.45, 7) is 1.41. The third-order valence-electron chi connectivity index (χ3n) is 2.69. The summed E-state index contributed by atoms with van der Waals surface area (Å²) in [5.74, 6) is -1.56. The molecule has 1 aromatic carbocycles. The number of aromatic nitrogens is 2. The van der Waals surface area contributed by atoms with Crippen LogP contribution in [0, 0.1) is 0 Å². The minimum atomic E-state index is -1.08. The number of amides is 1. The number of hydrogen-bond acceptors (Lipinski definition) is 3. The summed E-state index contributed by atoms with van der Waals surface area (Å²) in [5.41, 5.74) is 1.06. The summed E-state index contributed by atoms with van der Waals surface area (Å²) in [6.07, 6.45) is 0. The van der Waals surface area contributed by atoms with Crippen LogP contribution in [0.5, 0.6) is 0 Å². The molecule has 0 radical (unpaired) electrons. The SMILES string of the molecule is CC(NC(=O)c1nn(C)c2ccccc12)C(=O)O. The maximum absolute atomic E-state index is 11.9. The molecule has 1 heterocycles. The van der Waals surface area contributed by atoms with Gasteiger partial charge < -0.3 is 10.4 Å². The number of carbonyl (C=O) groups is 2. The number of nitrogens with one attached hydrogen (secondary N) is 1. The van der Waals surface area contributed by atoms with Gasteiger partial charge >= 0.3 is 5.97 Å². The summed E-state index contributed by atoms with van der Waals surface area (Å²) in [4.78, 5) is 22.6. The quantitative estimate of drug-likeness (QED) is 0.839. The highest BCUT2D eigenvalue weighted by molar-refractivity contribution is 6.05. The molecule has 6 heteroatoms. The Balaban J connectivity index is 2.37. The fourth-order valence-electron chi connectivity index (χ4n) is 1.71. The van der Waals surface area contributed by atoms with E-state index in [1.54, 1.807) is 23.9 Å². The smallest absolute Gasteiger partial charge is 0.325 e. The molecule has 0 aliphatic rings. The fourth-order valence-corrected chi connectivity index (χ4v) is 1.71. The van der Waals surface area contributed by atoms with E-state index in [0.29, 0.717) is 5.39 Å². The Kier molecular flexibility index (Phi) is 3.01. The fraction of sp³-hybridized carbons (Fsp3) is 0.250. The van der Waals surface area contributed by atoms with Crippen LogP contribution in [0.4, 0.5) is 0 Å². The number of hydrogen-bond donors (Lipinski definition) is 2. The lowest BCUT2D eigenvalue weighted by Crippen LogP contribution is -2.38. The first-order valence-corrected chi connectivity index (χ1v) is 5.46. The van der Waals surface area contributed by atoms with Gasteiger partial charge in [-0.3, -0.25) is 14.3 Å². The number of nitrogens with zero attached hydrogens (tertiary/aromatic N) is 2. The van der Waals surface area contributed by atoms with Crippen LogP contribution in [0.3, 0.4) is 0 Å². The molecule has 0 saturated carbocycles. The number of para-hydroxylation sites is 1. The normalized spacial score (nSPS) is 12.3. The lowest BCUT2D eigenvalue weighted by molar-refractivity contribution is -0.138. The second-order valence-corrected chi connectivity index (χ2v) is 4.02. The van der Waals surface area contributed by atoms with E-state index in [4.69, 9.17) is 5.11 Å². The molecule has 1 aromatic heterocycles. The molecule has 0 aliphatic carbocycles. The van der Waals surface area contributed by atoms with E-state index >= 15 is 0 Å². The standard InChI is InChI=1S/C12H13N3O3/c1-7(12(17)18)13-11(16)10-8-5-3-4-6-9(8)15(2)14-10/h3-7H,1-2H3,(H,13,16)(H,17,18). The van der Waals surface area contributed by atoms with Gasteiger partial charge in [0, 0.05) is 12.4 Å². The highest BCUT2D eigenvalue weighted by atomic mass is 16.4. The molecule has 1 atom stereocenters. The summed E-state index contributed by atoms with van der Waals surface area (Å²) in [6, 6.07) is 6.34. The zero-order valence-corrected chi connectivity index (χ0v) is 10.0. The minimum absolute atomic E-state index is 0.237.